The Morgan fingerprint density at radius 2 is 1.97 bits per heavy atom. The van der Waals surface area contributed by atoms with Gasteiger partial charge < -0.3 is 19.7 Å². The van der Waals surface area contributed by atoms with Crippen molar-refractivity contribution in [1.82, 2.24) is 14.9 Å². The smallest absolute Gasteiger partial charge is 0.290 e. The highest BCUT2D eigenvalue weighted by Gasteiger charge is 2.43. The molecule has 2 aromatic heterocycles. The molecule has 1 amide bonds. The second kappa shape index (κ2) is 9.46. The molecule has 3 heterocycles. The third kappa shape index (κ3) is 4.28. The van der Waals surface area contributed by atoms with Crippen LogP contribution in [0.5, 0.6) is 5.75 Å². The molecule has 0 radical (unpaired) electrons. The predicted molar refractivity (Wildman–Crippen MR) is 132 cm³/mol. The Morgan fingerprint density at radius 1 is 1.14 bits per heavy atom. The molecule has 4 aromatic rings. The van der Waals surface area contributed by atoms with Crippen LogP contribution in [-0.2, 0) is 22.4 Å². The molecular formula is C28H25N3O4. The van der Waals surface area contributed by atoms with E-state index in [1.165, 1.54) is 0 Å². The second-order valence-corrected chi connectivity index (χ2v) is 8.51. The van der Waals surface area contributed by atoms with E-state index in [9.17, 15) is 14.7 Å². The maximum Gasteiger partial charge on any atom is 0.290 e. The first kappa shape index (κ1) is 22.4. The van der Waals surface area contributed by atoms with Crippen molar-refractivity contribution in [2.24, 2.45) is 0 Å². The minimum absolute atomic E-state index is 0.0976. The number of H-pyrrole nitrogens is 1. The van der Waals surface area contributed by atoms with Crippen LogP contribution in [0, 0.1) is 0 Å². The third-order valence-corrected chi connectivity index (χ3v) is 6.41. The van der Waals surface area contributed by atoms with Gasteiger partial charge in [0, 0.05) is 42.5 Å². The van der Waals surface area contributed by atoms with E-state index >= 15 is 0 Å². The molecule has 1 aliphatic rings. The molecule has 1 aliphatic heterocycles. The molecule has 0 saturated carbocycles. The molecule has 0 bridgehead atoms. The summed E-state index contributed by atoms with van der Waals surface area (Å²) in [4.78, 5) is 35.5. The van der Waals surface area contributed by atoms with Gasteiger partial charge in [-0.25, -0.2) is 0 Å². The number of carbonyl (C=O) groups is 2. The Labute approximate surface area is 202 Å². The molecule has 176 valence electrons. The average Bonchev–Trinajstić information content (AvgIpc) is 3.41. The number of rotatable bonds is 8. The van der Waals surface area contributed by atoms with E-state index in [1.54, 1.807) is 30.5 Å². The molecule has 7 nitrogen and oxygen atoms in total. The molecule has 1 atom stereocenters. The van der Waals surface area contributed by atoms with Crippen LogP contribution >= 0.6 is 0 Å². The van der Waals surface area contributed by atoms with E-state index < -0.39 is 17.7 Å². The molecular weight excluding hydrogens is 442 g/mol. The first-order valence-corrected chi connectivity index (χ1v) is 11.4. The lowest BCUT2D eigenvalue weighted by atomic mass is 9.94. The van der Waals surface area contributed by atoms with Crippen LogP contribution in [0.25, 0.3) is 10.9 Å². The first-order chi connectivity index (χ1) is 17.1. The van der Waals surface area contributed by atoms with Gasteiger partial charge in [0.2, 0.25) is 0 Å². The van der Waals surface area contributed by atoms with E-state index in [2.05, 4.69) is 9.97 Å². The molecule has 2 aromatic carbocycles. The number of ether oxygens (including phenoxy) is 1. The third-order valence-electron chi connectivity index (χ3n) is 6.41. The molecule has 0 aliphatic carbocycles. The zero-order chi connectivity index (χ0) is 24.4. The summed E-state index contributed by atoms with van der Waals surface area (Å²) in [6, 6.07) is 18.0. The average molecular weight is 468 g/mol. The summed E-state index contributed by atoms with van der Waals surface area (Å²) in [6.45, 7) is 0.314. The number of nitrogens with one attached hydrogen (secondary N) is 1. The molecule has 35 heavy (non-hydrogen) atoms. The van der Waals surface area contributed by atoms with Crippen molar-refractivity contribution in [3.63, 3.8) is 0 Å². The van der Waals surface area contributed by atoms with Crippen LogP contribution in [0.15, 0.2) is 90.6 Å². The Morgan fingerprint density at radius 3 is 2.71 bits per heavy atom. The number of aromatic amines is 1. The minimum Gasteiger partial charge on any atom is -0.503 e. The topological polar surface area (TPSA) is 95.5 Å². The number of amides is 1. The standard InChI is InChI=1S/C28H25N3O4/c1-35-21-9-10-23-22(15-21)19(17-30-23)11-13-31-26(20-8-5-12-29-16-20)25(27(33)28(31)34)24(32)14-18-6-3-2-4-7-18/h2-10,12,15-17,26,30,33H,11,13-14H2,1H3. The van der Waals surface area contributed by atoms with Gasteiger partial charge in [0.15, 0.2) is 11.5 Å². The zero-order valence-corrected chi connectivity index (χ0v) is 19.3. The normalized spacial score (nSPS) is 15.7. The predicted octanol–water partition coefficient (Wildman–Crippen LogP) is 4.32. The lowest BCUT2D eigenvalue weighted by Crippen LogP contribution is -2.33. The van der Waals surface area contributed by atoms with Crippen LogP contribution in [-0.4, -0.2) is 45.3 Å². The van der Waals surface area contributed by atoms with Crippen LogP contribution in [0.4, 0.5) is 0 Å². The highest BCUT2D eigenvalue weighted by atomic mass is 16.5. The number of hydrogen-bond acceptors (Lipinski definition) is 5. The Kier molecular flexibility index (Phi) is 6.06. The van der Waals surface area contributed by atoms with Crippen molar-refractivity contribution in [3.05, 3.63) is 107 Å². The van der Waals surface area contributed by atoms with E-state index in [0.717, 1.165) is 27.8 Å². The second-order valence-electron chi connectivity index (χ2n) is 8.51. The van der Waals surface area contributed by atoms with Crippen molar-refractivity contribution >= 4 is 22.6 Å². The van der Waals surface area contributed by atoms with E-state index in [4.69, 9.17) is 4.74 Å². The van der Waals surface area contributed by atoms with Crippen molar-refractivity contribution < 1.29 is 19.4 Å². The van der Waals surface area contributed by atoms with Crippen molar-refractivity contribution in [1.29, 1.82) is 0 Å². The lowest BCUT2D eigenvalue weighted by molar-refractivity contribution is -0.129. The van der Waals surface area contributed by atoms with Crippen molar-refractivity contribution in [2.75, 3.05) is 13.7 Å². The van der Waals surface area contributed by atoms with Crippen LogP contribution in [0.1, 0.15) is 22.7 Å². The quantitative estimate of drug-likeness (QED) is 0.402. The van der Waals surface area contributed by atoms with Gasteiger partial charge in [-0.05, 0) is 47.4 Å². The number of aromatic nitrogens is 2. The van der Waals surface area contributed by atoms with Gasteiger partial charge in [0.25, 0.3) is 5.91 Å². The van der Waals surface area contributed by atoms with Gasteiger partial charge in [0.1, 0.15) is 5.75 Å². The highest BCUT2D eigenvalue weighted by Crippen LogP contribution is 2.38. The lowest BCUT2D eigenvalue weighted by Gasteiger charge is -2.26. The Balaban J connectivity index is 1.45. The maximum absolute atomic E-state index is 13.3. The van der Waals surface area contributed by atoms with Gasteiger partial charge in [-0.15, -0.1) is 0 Å². The number of aliphatic hydroxyl groups excluding tert-OH is 1. The molecule has 1 unspecified atom stereocenters. The summed E-state index contributed by atoms with van der Waals surface area (Å²) in [5, 5.41) is 11.8. The molecule has 0 saturated heterocycles. The van der Waals surface area contributed by atoms with E-state index in [1.807, 2.05) is 60.8 Å². The number of fused-ring (bicyclic) bond motifs is 1. The molecule has 5 rings (SSSR count). The van der Waals surface area contributed by atoms with Crippen LogP contribution in [0.3, 0.4) is 0 Å². The fourth-order valence-corrected chi connectivity index (χ4v) is 4.66. The van der Waals surface area contributed by atoms with E-state index in [0.29, 0.717) is 18.5 Å². The highest BCUT2D eigenvalue weighted by molar-refractivity contribution is 6.09. The number of benzene rings is 2. The summed E-state index contributed by atoms with van der Waals surface area (Å²) in [6.07, 6.45) is 5.82. The number of Topliss-reactive ketones (excluding diaryl/α,β-unsaturated/α-hetero) is 1. The van der Waals surface area contributed by atoms with Gasteiger partial charge in [-0.2, -0.15) is 0 Å². The number of methoxy groups -OCH3 is 1. The Hall–Kier alpha value is -4.39. The number of carbonyl (C=O) groups excluding carboxylic acids is 2. The number of nitrogens with zero attached hydrogens (tertiary/aromatic N) is 2. The van der Waals surface area contributed by atoms with Crippen molar-refractivity contribution in [2.45, 2.75) is 18.9 Å². The van der Waals surface area contributed by atoms with Crippen molar-refractivity contribution in [3.8, 4) is 5.75 Å². The minimum atomic E-state index is -0.702. The largest absolute Gasteiger partial charge is 0.503 e. The number of ketones is 1. The number of hydrogen-bond donors (Lipinski definition) is 2. The monoisotopic (exact) mass is 467 g/mol. The first-order valence-electron chi connectivity index (χ1n) is 11.4. The van der Waals surface area contributed by atoms with E-state index in [-0.39, 0.29) is 17.8 Å². The van der Waals surface area contributed by atoms with Gasteiger partial charge in [0.05, 0.1) is 18.7 Å². The fraction of sp³-hybridized carbons (Fsp3) is 0.179. The summed E-state index contributed by atoms with van der Waals surface area (Å²) in [5.74, 6) is -0.569. The molecule has 0 fully saturated rings. The summed E-state index contributed by atoms with van der Waals surface area (Å²) in [5.41, 5.74) is 3.60. The summed E-state index contributed by atoms with van der Waals surface area (Å²) < 4.78 is 5.36. The molecule has 2 N–H and O–H groups in total. The van der Waals surface area contributed by atoms with Crippen LogP contribution in [0.2, 0.25) is 0 Å². The van der Waals surface area contributed by atoms with Crippen LogP contribution < -0.4 is 4.74 Å². The van der Waals surface area contributed by atoms with Gasteiger partial charge in [-0.1, -0.05) is 36.4 Å². The zero-order valence-electron chi connectivity index (χ0n) is 19.3. The number of aliphatic hydroxyl groups is 1. The van der Waals surface area contributed by atoms with Gasteiger partial charge >= 0.3 is 0 Å². The maximum atomic E-state index is 13.3. The van der Waals surface area contributed by atoms with Gasteiger partial charge in [-0.3, -0.25) is 14.6 Å². The summed E-state index contributed by atoms with van der Waals surface area (Å²) in [7, 11) is 1.62. The number of pyridine rings is 1. The Bertz CT molecular complexity index is 1410. The molecule has 7 heteroatoms. The summed E-state index contributed by atoms with van der Waals surface area (Å²) >= 11 is 0. The molecule has 0 spiro atoms. The SMILES string of the molecule is COc1ccc2[nH]cc(CCN3C(=O)C(O)=C(C(=O)Cc4ccccc4)C3c3cccnc3)c2c1. The fourth-order valence-electron chi connectivity index (χ4n) is 4.66.